The summed E-state index contributed by atoms with van der Waals surface area (Å²) < 4.78 is 5.11. The summed E-state index contributed by atoms with van der Waals surface area (Å²) in [5.41, 5.74) is 0. The van der Waals surface area contributed by atoms with Crippen molar-refractivity contribution in [3.8, 4) is 0 Å². The smallest absolute Gasteiger partial charge is 0.115 e. The highest BCUT2D eigenvalue weighted by Crippen LogP contribution is 2.13. The number of aliphatic hydroxyl groups is 2. The van der Waals surface area contributed by atoms with Crippen molar-refractivity contribution in [3.63, 3.8) is 0 Å². The highest BCUT2D eigenvalue weighted by Gasteiger charge is 1.98. The Bertz CT molecular complexity index is 253. The van der Waals surface area contributed by atoms with Crippen molar-refractivity contribution in [2.24, 2.45) is 0 Å². The van der Waals surface area contributed by atoms with E-state index >= 15 is 0 Å². The molecule has 0 aromatic heterocycles. The van der Waals surface area contributed by atoms with Gasteiger partial charge in [0.25, 0.3) is 0 Å². The molecule has 0 saturated heterocycles. The average molecular weight is 343 g/mol. The Morgan fingerprint density at radius 1 is 0.750 bits per heavy atom. The van der Waals surface area contributed by atoms with Crippen LogP contribution in [0.1, 0.15) is 103 Å². The largest absolute Gasteiger partial charge is 0.499 e. The minimum Gasteiger partial charge on any atom is -0.499 e. The fourth-order valence-electron chi connectivity index (χ4n) is 2.81. The normalized spacial score (nSPS) is 12.8. The number of rotatable bonds is 19. The summed E-state index contributed by atoms with van der Waals surface area (Å²) in [6.45, 7) is 2.21. The van der Waals surface area contributed by atoms with Crippen LogP contribution in [0.2, 0.25) is 0 Å². The number of allylic oxidation sites excluding steroid dienone is 1. The summed E-state index contributed by atoms with van der Waals surface area (Å²) >= 11 is 0. The van der Waals surface area contributed by atoms with Crippen LogP contribution in [0.25, 0.3) is 0 Å². The minimum atomic E-state index is -0.768. The summed E-state index contributed by atoms with van der Waals surface area (Å²) in [4.78, 5) is 0. The number of ether oxygens (including phenoxy) is 1. The molecule has 0 aliphatic carbocycles. The summed E-state index contributed by atoms with van der Waals surface area (Å²) in [6.07, 6.45) is 23.3. The van der Waals surface area contributed by atoms with Crippen molar-refractivity contribution in [2.45, 2.75) is 109 Å². The Morgan fingerprint density at radius 2 is 1.21 bits per heavy atom. The van der Waals surface area contributed by atoms with Crippen molar-refractivity contribution in [1.29, 1.82) is 0 Å². The molecule has 0 amide bonds. The Balaban J connectivity index is 3.06. The fraction of sp³-hybridized carbons (Fsp3) is 0.905. The van der Waals surface area contributed by atoms with Crippen molar-refractivity contribution in [3.05, 3.63) is 12.3 Å². The molecule has 0 spiro atoms. The number of aliphatic hydroxyl groups excluding tert-OH is 2. The molecule has 3 nitrogen and oxygen atoms in total. The van der Waals surface area contributed by atoms with Crippen LogP contribution < -0.4 is 0 Å². The van der Waals surface area contributed by atoms with Crippen molar-refractivity contribution < 1.29 is 14.9 Å². The van der Waals surface area contributed by atoms with Crippen LogP contribution in [-0.2, 0) is 4.74 Å². The lowest BCUT2D eigenvalue weighted by Crippen LogP contribution is -2.17. The maximum absolute atomic E-state index is 9.08. The molecule has 0 fully saturated rings. The third-order valence-electron chi connectivity index (χ3n) is 4.42. The summed E-state index contributed by atoms with van der Waals surface area (Å²) in [6, 6.07) is 0. The Kier molecular flexibility index (Phi) is 20.0. The first-order valence-electron chi connectivity index (χ1n) is 10.4. The molecule has 0 aromatic carbocycles. The molecule has 0 heterocycles. The third kappa shape index (κ3) is 19.5. The molecule has 0 rings (SSSR count). The van der Waals surface area contributed by atoms with Gasteiger partial charge in [-0.1, -0.05) is 90.4 Å². The van der Waals surface area contributed by atoms with Gasteiger partial charge in [0.2, 0.25) is 0 Å². The first kappa shape index (κ1) is 23.5. The van der Waals surface area contributed by atoms with E-state index in [1.54, 1.807) is 6.26 Å². The molecule has 0 radical (unpaired) electrons. The van der Waals surface area contributed by atoms with Crippen molar-refractivity contribution in [1.82, 2.24) is 0 Å². The van der Waals surface area contributed by atoms with Crippen LogP contribution in [0.5, 0.6) is 0 Å². The molecule has 0 aromatic rings. The van der Waals surface area contributed by atoms with Gasteiger partial charge >= 0.3 is 0 Å². The summed E-state index contributed by atoms with van der Waals surface area (Å²) in [5, 5.41) is 17.7. The van der Waals surface area contributed by atoms with Gasteiger partial charge in [-0.25, -0.2) is 0 Å². The monoisotopic (exact) mass is 342 g/mol. The van der Waals surface area contributed by atoms with E-state index in [9.17, 15) is 0 Å². The van der Waals surface area contributed by atoms with E-state index in [2.05, 4.69) is 6.92 Å². The predicted octanol–water partition coefficient (Wildman–Crippen LogP) is 5.74. The second-order valence-electron chi connectivity index (χ2n) is 6.93. The van der Waals surface area contributed by atoms with Crippen molar-refractivity contribution in [2.75, 3.05) is 13.2 Å². The summed E-state index contributed by atoms with van der Waals surface area (Å²) in [7, 11) is 0. The van der Waals surface area contributed by atoms with E-state index in [1.807, 2.05) is 6.08 Å². The van der Waals surface area contributed by atoms with Crippen LogP contribution >= 0.6 is 0 Å². The van der Waals surface area contributed by atoms with Crippen LogP contribution in [0.4, 0.5) is 0 Å². The van der Waals surface area contributed by atoms with E-state index in [0.717, 1.165) is 6.42 Å². The zero-order valence-corrected chi connectivity index (χ0v) is 16.1. The predicted molar refractivity (Wildman–Crippen MR) is 103 cm³/mol. The van der Waals surface area contributed by atoms with E-state index in [1.165, 1.54) is 89.9 Å². The molecule has 3 heteroatoms. The van der Waals surface area contributed by atoms with Gasteiger partial charge in [-0.15, -0.1) is 0 Å². The second-order valence-corrected chi connectivity index (χ2v) is 6.93. The second kappa shape index (κ2) is 20.5. The Morgan fingerprint density at radius 3 is 1.67 bits per heavy atom. The van der Waals surface area contributed by atoms with Gasteiger partial charge < -0.3 is 14.9 Å². The Hall–Kier alpha value is -0.540. The first-order chi connectivity index (χ1) is 11.8. The molecule has 2 N–H and O–H groups in total. The number of unbranched alkanes of at least 4 members (excludes halogenated alkanes) is 14. The van der Waals surface area contributed by atoms with Crippen LogP contribution in [0.3, 0.4) is 0 Å². The maximum atomic E-state index is 9.08. The van der Waals surface area contributed by atoms with Crippen LogP contribution in [0.15, 0.2) is 12.3 Å². The van der Waals surface area contributed by atoms with E-state index in [-0.39, 0.29) is 13.2 Å². The van der Waals surface area contributed by atoms with Crippen molar-refractivity contribution >= 4 is 0 Å². The Labute approximate surface area is 150 Å². The highest BCUT2D eigenvalue weighted by molar-refractivity contribution is 4.73. The van der Waals surface area contributed by atoms with Gasteiger partial charge in [0.15, 0.2) is 0 Å². The SMILES string of the molecule is CCCCCCCCCCCCCCCCC=COCC(O)CO. The maximum Gasteiger partial charge on any atom is 0.115 e. The molecule has 1 atom stereocenters. The van der Waals surface area contributed by atoms with Gasteiger partial charge in [-0.3, -0.25) is 0 Å². The first-order valence-corrected chi connectivity index (χ1v) is 10.4. The lowest BCUT2D eigenvalue weighted by molar-refractivity contribution is 0.0383. The highest BCUT2D eigenvalue weighted by atomic mass is 16.5. The molecular weight excluding hydrogens is 300 g/mol. The van der Waals surface area contributed by atoms with Gasteiger partial charge in [0, 0.05) is 0 Å². The van der Waals surface area contributed by atoms with Gasteiger partial charge in [-0.2, -0.15) is 0 Å². The van der Waals surface area contributed by atoms with E-state index < -0.39 is 6.10 Å². The standard InChI is InChI=1S/C21H42O3/c1-2-3-4-5-6-7-8-9-10-11-12-13-14-15-16-17-18-24-20-21(23)19-22/h17-18,21-23H,2-16,19-20H2,1H3. The molecule has 0 saturated carbocycles. The van der Waals surface area contributed by atoms with Crippen LogP contribution in [-0.4, -0.2) is 29.5 Å². The summed E-state index contributed by atoms with van der Waals surface area (Å²) in [5.74, 6) is 0. The molecule has 144 valence electrons. The molecule has 24 heavy (non-hydrogen) atoms. The lowest BCUT2D eigenvalue weighted by atomic mass is 10.0. The zero-order valence-electron chi connectivity index (χ0n) is 16.1. The number of hydrogen-bond donors (Lipinski definition) is 2. The molecular formula is C21H42O3. The quantitative estimate of drug-likeness (QED) is 0.232. The molecule has 1 unspecified atom stereocenters. The molecule has 0 aliphatic heterocycles. The van der Waals surface area contributed by atoms with E-state index in [0.29, 0.717) is 0 Å². The van der Waals surface area contributed by atoms with Gasteiger partial charge in [0.1, 0.15) is 12.7 Å². The zero-order chi connectivity index (χ0) is 17.7. The average Bonchev–Trinajstić information content (AvgIpc) is 2.60. The topological polar surface area (TPSA) is 49.7 Å². The van der Waals surface area contributed by atoms with Gasteiger partial charge in [-0.05, 0) is 18.9 Å². The van der Waals surface area contributed by atoms with Gasteiger partial charge in [0.05, 0.1) is 12.9 Å². The number of hydrogen-bond acceptors (Lipinski definition) is 3. The molecule has 0 aliphatic rings. The minimum absolute atomic E-state index is 0.172. The van der Waals surface area contributed by atoms with Crippen LogP contribution in [0, 0.1) is 0 Å². The molecule has 0 bridgehead atoms. The van der Waals surface area contributed by atoms with E-state index in [4.69, 9.17) is 14.9 Å². The third-order valence-corrected chi connectivity index (χ3v) is 4.42. The fourth-order valence-corrected chi connectivity index (χ4v) is 2.81. The lowest BCUT2D eigenvalue weighted by Gasteiger charge is -2.05.